The molecule has 1 rings (SSSR count). The summed E-state index contributed by atoms with van der Waals surface area (Å²) in [6.07, 6.45) is 4.90. The van der Waals surface area contributed by atoms with Crippen molar-refractivity contribution in [3.05, 3.63) is 22.3 Å². The lowest BCUT2D eigenvalue weighted by Crippen LogP contribution is -2.31. The number of nitrogens with zero attached hydrogens (tertiary/aromatic N) is 6. The van der Waals surface area contributed by atoms with Crippen molar-refractivity contribution in [2.24, 2.45) is 10.2 Å². The maximum atomic E-state index is 11.7. The highest BCUT2D eigenvalue weighted by Crippen LogP contribution is 2.13. The number of hydrogen-bond donors (Lipinski definition) is 2. The average Bonchev–Trinajstić information content (AvgIpc) is 3.01. The lowest BCUT2D eigenvalue weighted by Gasteiger charge is -2.15. The highest BCUT2D eigenvalue weighted by atomic mass is 16.7. The van der Waals surface area contributed by atoms with E-state index in [1.165, 1.54) is 0 Å². The first-order valence-electron chi connectivity index (χ1n) is 9.53. The molecule has 1 saturated heterocycles. The van der Waals surface area contributed by atoms with Gasteiger partial charge < -0.3 is 15.1 Å². The van der Waals surface area contributed by atoms with Gasteiger partial charge in [-0.15, -0.1) is 5.06 Å². The number of nitrogens with one attached hydrogen (secondary N) is 2. The molecule has 0 aliphatic carbocycles. The lowest BCUT2D eigenvalue weighted by molar-refractivity contribution is -0.197. The van der Waals surface area contributed by atoms with Gasteiger partial charge in [0.25, 0.3) is 11.8 Å². The Morgan fingerprint density at radius 2 is 2.03 bits per heavy atom. The summed E-state index contributed by atoms with van der Waals surface area (Å²) < 4.78 is 0. The number of carbonyl (C=O) groups is 3. The predicted molar refractivity (Wildman–Crippen MR) is 103 cm³/mol. The molecular formula is C17H28N8O4. The fourth-order valence-corrected chi connectivity index (χ4v) is 2.59. The smallest absolute Gasteiger partial charge is 0.333 e. The van der Waals surface area contributed by atoms with Gasteiger partial charge in [0, 0.05) is 50.0 Å². The molecule has 0 spiro atoms. The van der Waals surface area contributed by atoms with Crippen molar-refractivity contribution >= 4 is 17.8 Å². The third-order valence-electron chi connectivity index (χ3n) is 4.11. The van der Waals surface area contributed by atoms with Crippen LogP contribution >= 0.6 is 0 Å². The summed E-state index contributed by atoms with van der Waals surface area (Å²) in [5.41, 5.74) is 16.0. The highest BCUT2D eigenvalue weighted by Gasteiger charge is 2.32. The molecule has 0 bridgehead atoms. The average molecular weight is 408 g/mol. The van der Waals surface area contributed by atoms with E-state index in [1.807, 2.05) is 11.9 Å². The van der Waals surface area contributed by atoms with Gasteiger partial charge in [0.2, 0.25) is 0 Å². The number of unbranched alkanes of at least 4 members (excludes halogenated alkanes) is 2. The Labute approximate surface area is 169 Å². The molecule has 0 aromatic carbocycles. The second-order valence-corrected chi connectivity index (χ2v) is 6.60. The van der Waals surface area contributed by atoms with Crippen molar-refractivity contribution < 1.29 is 19.2 Å². The molecule has 0 radical (unpaired) electrons. The Balaban J connectivity index is 2.12. The Hall–Kier alpha value is -2.98. The van der Waals surface area contributed by atoms with E-state index in [-0.39, 0.29) is 19.3 Å². The number of azide groups is 1. The van der Waals surface area contributed by atoms with E-state index < -0.39 is 17.8 Å². The van der Waals surface area contributed by atoms with Crippen LogP contribution in [0.4, 0.5) is 0 Å². The maximum Gasteiger partial charge on any atom is 0.333 e. The molecule has 0 atom stereocenters. The lowest BCUT2D eigenvalue weighted by atomic mass is 10.2. The minimum absolute atomic E-state index is 0.0867. The zero-order valence-corrected chi connectivity index (χ0v) is 16.7. The minimum Gasteiger partial charge on any atom is -0.389 e. The number of hydrogen-bond acceptors (Lipinski definition) is 9. The number of likely N-dealkylation sites (N-methyl/N-ethyl adjacent to an activating group) is 1. The molecule has 1 aliphatic heterocycles. The molecule has 0 unspecified atom stereocenters. The fraction of sp³-hybridized carbons (Fsp3) is 0.706. The van der Waals surface area contributed by atoms with Crippen LogP contribution < -0.4 is 5.32 Å². The van der Waals surface area contributed by atoms with Crippen molar-refractivity contribution in [3.63, 3.8) is 0 Å². The largest absolute Gasteiger partial charge is 0.389 e. The summed E-state index contributed by atoms with van der Waals surface area (Å²) in [5.74, 6) is -1.53. The number of hydroxylamine groups is 2. The van der Waals surface area contributed by atoms with Gasteiger partial charge in [-0.1, -0.05) is 11.5 Å². The predicted octanol–water partition coefficient (Wildman–Crippen LogP) is 2.25. The molecule has 29 heavy (non-hydrogen) atoms. The van der Waals surface area contributed by atoms with Crippen molar-refractivity contribution in [1.29, 1.82) is 5.53 Å². The van der Waals surface area contributed by atoms with Crippen molar-refractivity contribution in [2.75, 3.05) is 33.2 Å². The summed E-state index contributed by atoms with van der Waals surface area (Å²) >= 11 is 0. The SMILES string of the molecule is CN(CCCN=[N+]=[N-])C/C(=C/NCCCCCC(=O)ON1C(=O)CCC1=O)N=N. The van der Waals surface area contributed by atoms with E-state index in [2.05, 4.69) is 20.5 Å². The first-order chi connectivity index (χ1) is 14.0. The summed E-state index contributed by atoms with van der Waals surface area (Å²) in [5, 5.41) is 10.6. The summed E-state index contributed by atoms with van der Waals surface area (Å²) in [6, 6.07) is 0. The maximum absolute atomic E-state index is 11.7. The first-order valence-corrected chi connectivity index (χ1v) is 9.53. The molecule has 0 saturated carbocycles. The Bertz CT molecular complexity index is 644. The second kappa shape index (κ2) is 14.1. The van der Waals surface area contributed by atoms with Crippen LogP contribution in [-0.2, 0) is 19.2 Å². The van der Waals surface area contributed by atoms with Gasteiger partial charge in [-0.05, 0) is 38.4 Å². The standard InChI is InChI=1S/C17H28N8O4/c1-24(11-5-10-21-23-19)13-14(22-18)12-20-9-4-2-3-6-17(28)29-25-15(26)7-8-16(25)27/h12,18,20H,2-11,13H2,1H3/b14-12-,22-18?. The van der Waals surface area contributed by atoms with Gasteiger partial charge in [0.1, 0.15) is 0 Å². The van der Waals surface area contributed by atoms with E-state index in [0.29, 0.717) is 36.8 Å². The Kier molecular flexibility index (Phi) is 11.7. The van der Waals surface area contributed by atoms with Gasteiger partial charge in [-0.2, -0.15) is 5.11 Å². The number of rotatable bonds is 15. The van der Waals surface area contributed by atoms with E-state index in [9.17, 15) is 14.4 Å². The molecule has 1 fully saturated rings. The van der Waals surface area contributed by atoms with E-state index in [1.54, 1.807) is 6.20 Å². The Morgan fingerprint density at radius 3 is 2.69 bits per heavy atom. The van der Waals surface area contributed by atoms with Crippen LogP contribution in [0.5, 0.6) is 0 Å². The molecule has 12 heteroatoms. The fourth-order valence-electron chi connectivity index (χ4n) is 2.59. The molecule has 2 N–H and O–H groups in total. The van der Waals surface area contributed by atoms with Crippen molar-refractivity contribution in [2.45, 2.75) is 44.9 Å². The van der Waals surface area contributed by atoms with Gasteiger partial charge in [-0.3, -0.25) is 9.59 Å². The van der Waals surface area contributed by atoms with Crippen LogP contribution in [-0.4, -0.2) is 61.0 Å². The monoisotopic (exact) mass is 408 g/mol. The van der Waals surface area contributed by atoms with Gasteiger partial charge in [0.05, 0.1) is 5.70 Å². The molecule has 1 aliphatic rings. The minimum atomic E-state index is -0.583. The highest BCUT2D eigenvalue weighted by molar-refractivity contribution is 6.01. The third kappa shape index (κ3) is 10.2. The van der Waals surface area contributed by atoms with Crippen LogP contribution in [0.15, 0.2) is 22.1 Å². The van der Waals surface area contributed by atoms with E-state index >= 15 is 0 Å². The van der Waals surface area contributed by atoms with Crippen LogP contribution in [0.1, 0.15) is 44.9 Å². The molecule has 2 amide bonds. The summed E-state index contributed by atoms with van der Waals surface area (Å²) in [4.78, 5) is 43.9. The summed E-state index contributed by atoms with van der Waals surface area (Å²) in [6.45, 7) is 2.34. The molecule has 12 nitrogen and oxygen atoms in total. The first kappa shape index (κ1) is 24.1. The third-order valence-corrected chi connectivity index (χ3v) is 4.11. The van der Waals surface area contributed by atoms with Crippen LogP contribution in [0.3, 0.4) is 0 Å². The molecule has 160 valence electrons. The number of carbonyl (C=O) groups excluding carboxylic acids is 3. The molecule has 0 aromatic rings. The normalized spacial score (nSPS) is 14.1. The quantitative estimate of drug-likeness (QED) is 0.139. The van der Waals surface area contributed by atoms with Gasteiger partial charge >= 0.3 is 5.97 Å². The van der Waals surface area contributed by atoms with Crippen LogP contribution in [0.25, 0.3) is 10.4 Å². The van der Waals surface area contributed by atoms with Gasteiger partial charge in [0.15, 0.2) is 0 Å². The number of amides is 2. The number of imide groups is 1. The topological polar surface area (TPSA) is 164 Å². The zero-order valence-electron chi connectivity index (χ0n) is 16.7. The van der Waals surface area contributed by atoms with Crippen LogP contribution in [0, 0.1) is 5.53 Å². The van der Waals surface area contributed by atoms with Gasteiger partial charge in [-0.25, -0.2) is 10.3 Å². The second-order valence-electron chi connectivity index (χ2n) is 6.60. The van der Waals surface area contributed by atoms with Crippen molar-refractivity contribution in [1.82, 2.24) is 15.3 Å². The molecular weight excluding hydrogens is 380 g/mol. The zero-order chi connectivity index (χ0) is 21.5. The van der Waals surface area contributed by atoms with Crippen molar-refractivity contribution in [3.8, 4) is 0 Å². The summed E-state index contributed by atoms with van der Waals surface area (Å²) in [7, 11) is 1.90. The molecule has 0 aromatic heterocycles. The Morgan fingerprint density at radius 1 is 1.31 bits per heavy atom. The van der Waals surface area contributed by atoms with Crippen LogP contribution in [0.2, 0.25) is 0 Å². The van der Waals surface area contributed by atoms with E-state index in [4.69, 9.17) is 15.9 Å². The van der Waals surface area contributed by atoms with E-state index in [0.717, 1.165) is 25.8 Å². The molecule has 1 heterocycles.